The molecule has 0 unspecified atom stereocenters. The first-order valence-corrected chi connectivity index (χ1v) is 19.1. The number of nitrogens with one attached hydrogen (secondary N) is 2. The van der Waals surface area contributed by atoms with Gasteiger partial charge in [-0.15, -0.1) is 0 Å². The van der Waals surface area contributed by atoms with Gasteiger partial charge in [0, 0.05) is 12.1 Å². The van der Waals surface area contributed by atoms with Gasteiger partial charge in [0.1, 0.15) is 9.79 Å². The van der Waals surface area contributed by atoms with Gasteiger partial charge in [-0.3, -0.25) is 0 Å². The highest BCUT2D eigenvalue weighted by molar-refractivity contribution is 7.90. The van der Waals surface area contributed by atoms with Gasteiger partial charge in [-0.2, -0.15) is 0 Å². The maximum atomic E-state index is 12.7. The Hall–Kier alpha value is -3.20. The van der Waals surface area contributed by atoms with E-state index >= 15 is 0 Å². The molecule has 4 aromatic carbocycles. The van der Waals surface area contributed by atoms with Gasteiger partial charge in [-0.25, -0.2) is 35.9 Å². The number of carbonyl (C=O) groups is 2. The van der Waals surface area contributed by atoms with Crippen molar-refractivity contribution in [3.05, 3.63) is 126 Å². The van der Waals surface area contributed by atoms with Crippen molar-refractivity contribution in [3.8, 4) is 0 Å². The standard InChI is InChI=1S/C17H15Cl2NO4S.C16H13Cl2NO4S.CH4/c1-24-17(21)11-6-5-10-7-8-14(12(10)9-11)20-25(22,23)15-4-2-3-13(18)16(15)19;17-12-2-1-3-14(15(12)18)24(22,23)19-13-7-6-9-4-5-10(16(20)21)8-11(9)13;/h2-6,9,14,20H,7-8H2,1H3;1-5,8,13,19H,6-7H2,(H,20,21);1H4/t14-;13-;/m11./s1. The van der Waals surface area contributed by atoms with Crippen molar-refractivity contribution in [2.75, 3.05) is 7.11 Å². The van der Waals surface area contributed by atoms with Crippen molar-refractivity contribution < 1.29 is 36.3 Å². The van der Waals surface area contributed by atoms with Gasteiger partial charge in [0.25, 0.3) is 0 Å². The van der Waals surface area contributed by atoms with Gasteiger partial charge >= 0.3 is 11.9 Å². The number of esters is 1. The first-order valence-electron chi connectivity index (χ1n) is 14.6. The van der Waals surface area contributed by atoms with Gasteiger partial charge in [0.05, 0.1) is 38.3 Å². The summed E-state index contributed by atoms with van der Waals surface area (Å²) in [7, 11) is -6.44. The van der Waals surface area contributed by atoms with Crippen LogP contribution in [0.15, 0.2) is 82.6 Å². The molecule has 0 amide bonds. The maximum Gasteiger partial charge on any atom is 0.337 e. The predicted octanol–water partition coefficient (Wildman–Crippen LogP) is 8.04. The molecule has 50 heavy (non-hydrogen) atoms. The van der Waals surface area contributed by atoms with Crippen molar-refractivity contribution in [1.29, 1.82) is 0 Å². The Morgan fingerprint density at radius 3 is 1.54 bits per heavy atom. The van der Waals surface area contributed by atoms with E-state index < -0.39 is 44.1 Å². The van der Waals surface area contributed by atoms with Crippen molar-refractivity contribution in [1.82, 2.24) is 9.44 Å². The highest BCUT2D eigenvalue weighted by Gasteiger charge is 2.31. The average Bonchev–Trinajstić information content (AvgIpc) is 3.65. The second-order valence-electron chi connectivity index (χ2n) is 11.2. The molecule has 266 valence electrons. The molecule has 0 aliphatic heterocycles. The number of carboxylic acid groups (broad SMARTS) is 1. The molecule has 0 heterocycles. The first-order chi connectivity index (χ1) is 23.1. The highest BCUT2D eigenvalue weighted by atomic mass is 35.5. The number of aryl methyl sites for hydroxylation is 2. The van der Waals surface area contributed by atoms with E-state index in [0.29, 0.717) is 36.8 Å². The molecule has 2 aliphatic rings. The lowest BCUT2D eigenvalue weighted by molar-refractivity contribution is 0.0599. The number of fused-ring (bicyclic) bond motifs is 2. The number of carbonyl (C=O) groups excluding carboxylic acids is 1. The predicted molar refractivity (Wildman–Crippen MR) is 194 cm³/mol. The molecule has 0 radical (unpaired) electrons. The minimum atomic E-state index is -3.89. The number of hydrogen-bond donors (Lipinski definition) is 3. The largest absolute Gasteiger partial charge is 0.478 e. The van der Waals surface area contributed by atoms with Crippen LogP contribution in [0.5, 0.6) is 0 Å². The van der Waals surface area contributed by atoms with Crippen molar-refractivity contribution in [3.63, 3.8) is 0 Å². The van der Waals surface area contributed by atoms with E-state index in [1.807, 2.05) is 6.07 Å². The monoisotopic (exact) mass is 800 g/mol. The minimum Gasteiger partial charge on any atom is -0.478 e. The van der Waals surface area contributed by atoms with Crippen LogP contribution in [0, 0.1) is 0 Å². The van der Waals surface area contributed by atoms with Gasteiger partial charge in [-0.05, 0) is 96.5 Å². The fraction of sp³-hybridized carbons (Fsp3) is 0.235. The van der Waals surface area contributed by atoms with Crippen LogP contribution in [-0.4, -0.2) is 41.0 Å². The summed E-state index contributed by atoms with van der Waals surface area (Å²) >= 11 is 23.8. The number of carboxylic acids is 1. The Bertz CT molecular complexity index is 2180. The quantitative estimate of drug-likeness (QED) is 0.151. The number of aromatic carboxylic acids is 1. The van der Waals surface area contributed by atoms with E-state index in [-0.39, 0.29) is 42.9 Å². The number of ether oxygens (including phenoxy) is 1. The van der Waals surface area contributed by atoms with E-state index in [1.54, 1.807) is 18.2 Å². The Balaban J connectivity index is 0.000000220. The summed E-state index contributed by atoms with van der Waals surface area (Å²) in [6, 6.07) is 17.8. The van der Waals surface area contributed by atoms with Crippen molar-refractivity contribution in [2.24, 2.45) is 0 Å². The maximum absolute atomic E-state index is 12.7. The highest BCUT2D eigenvalue weighted by Crippen LogP contribution is 2.37. The van der Waals surface area contributed by atoms with Crippen molar-refractivity contribution >= 4 is 78.4 Å². The van der Waals surface area contributed by atoms with Crippen LogP contribution < -0.4 is 9.44 Å². The third-order valence-corrected chi connectivity index (χ3v) is 13.0. The number of halogens is 4. The zero-order valence-electron chi connectivity index (χ0n) is 25.5. The summed E-state index contributed by atoms with van der Waals surface area (Å²) < 4.78 is 60.6. The normalized spacial score (nSPS) is 16.3. The molecule has 2 atom stereocenters. The lowest BCUT2D eigenvalue weighted by Gasteiger charge is -2.16. The van der Waals surface area contributed by atoms with Crippen LogP contribution in [0.25, 0.3) is 0 Å². The Morgan fingerprint density at radius 2 is 1.12 bits per heavy atom. The van der Waals surface area contributed by atoms with Gasteiger partial charge < -0.3 is 9.84 Å². The van der Waals surface area contributed by atoms with Crippen LogP contribution in [0.4, 0.5) is 0 Å². The van der Waals surface area contributed by atoms with Gasteiger partial charge in [0.15, 0.2) is 0 Å². The minimum absolute atomic E-state index is 0. The molecule has 0 aromatic heterocycles. The summed E-state index contributed by atoms with van der Waals surface area (Å²) in [5, 5.41) is 9.38. The van der Waals surface area contributed by atoms with Crippen LogP contribution in [-0.2, 0) is 37.6 Å². The van der Waals surface area contributed by atoms with Crippen LogP contribution in [0.3, 0.4) is 0 Å². The third-order valence-electron chi connectivity index (χ3n) is 8.12. The summed E-state index contributed by atoms with van der Waals surface area (Å²) in [4.78, 5) is 22.7. The molecular weight excluding hydrogens is 770 g/mol. The first kappa shape index (κ1) is 39.6. The van der Waals surface area contributed by atoms with Crippen molar-refractivity contribution in [2.45, 2.75) is 55.0 Å². The molecule has 4 aromatic rings. The lowest BCUT2D eigenvalue weighted by atomic mass is 10.0. The molecule has 0 saturated carbocycles. The van der Waals surface area contributed by atoms with E-state index in [4.69, 9.17) is 56.2 Å². The number of rotatable bonds is 8. The Kier molecular flexibility index (Phi) is 12.7. The fourth-order valence-electron chi connectivity index (χ4n) is 5.71. The Labute approximate surface area is 310 Å². The molecule has 0 fully saturated rings. The number of sulfonamides is 2. The van der Waals surface area contributed by atoms with Crippen LogP contribution >= 0.6 is 46.4 Å². The SMILES string of the molecule is C.COC(=O)c1ccc2c(c1)[C@H](NS(=O)(=O)c1cccc(Cl)c1Cl)CC2.O=C(O)c1ccc2c(c1)[C@H](NS(=O)(=O)c1cccc(Cl)c1Cl)CC2. The van der Waals surface area contributed by atoms with Gasteiger partial charge in [-0.1, -0.05) is 78.1 Å². The number of hydrogen-bond acceptors (Lipinski definition) is 7. The summed E-state index contributed by atoms with van der Waals surface area (Å²) in [5.41, 5.74) is 3.89. The molecule has 16 heteroatoms. The third kappa shape index (κ3) is 8.46. The summed E-state index contributed by atoms with van der Waals surface area (Å²) in [6.07, 6.45) is 2.53. The smallest absolute Gasteiger partial charge is 0.337 e. The van der Waals surface area contributed by atoms with Crippen LogP contribution in [0.1, 0.15) is 75.3 Å². The number of methoxy groups -OCH3 is 1. The molecule has 3 N–H and O–H groups in total. The van der Waals surface area contributed by atoms with E-state index in [2.05, 4.69) is 9.44 Å². The van der Waals surface area contributed by atoms with Crippen LogP contribution in [0.2, 0.25) is 20.1 Å². The molecule has 2 aliphatic carbocycles. The zero-order valence-corrected chi connectivity index (χ0v) is 30.2. The fourth-order valence-corrected chi connectivity index (χ4v) is 9.73. The molecular formula is C34H32Cl4N2O8S2. The zero-order chi connectivity index (χ0) is 35.7. The Morgan fingerprint density at radius 1 is 0.700 bits per heavy atom. The summed E-state index contributed by atoms with van der Waals surface area (Å²) in [6.45, 7) is 0. The van der Waals surface area contributed by atoms with E-state index in [9.17, 15) is 26.4 Å². The molecule has 6 rings (SSSR count). The second kappa shape index (κ2) is 16.0. The average molecular weight is 803 g/mol. The second-order valence-corrected chi connectivity index (χ2v) is 16.1. The lowest BCUT2D eigenvalue weighted by Crippen LogP contribution is -2.27. The molecule has 10 nitrogen and oxygen atoms in total. The molecule has 0 bridgehead atoms. The summed E-state index contributed by atoms with van der Waals surface area (Å²) in [5.74, 6) is -1.52. The molecule has 0 saturated heterocycles. The topological polar surface area (TPSA) is 156 Å². The van der Waals surface area contributed by atoms with E-state index in [0.717, 1.165) is 16.7 Å². The number of benzene rings is 4. The van der Waals surface area contributed by atoms with Gasteiger partial charge in [0.2, 0.25) is 20.0 Å². The van der Waals surface area contributed by atoms with E-state index in [1.165, 1.54) is 55.6 Å². The molecule has 0 spiro atoms.